The molecule has 268 valence electrons. The number of para-hydroxylation sites is 1. The molecule has 0 aliphatic rings. The molecule has 0 N–H and O–H groups in total. The first kappa shape index (κ1) is 39.8. The molecule has 51 heavy (non-hydrogen) atoms. The minimum absolute atomic E-state index is 0.152. The summed E-state index contributed by atoms with van der Waals surface area (Å²) in [6.07, 6.45) is 8.98. The fourth-order valence-corrected chi connectivity index (χ4v) is 6.46. The molecule has 0 radical (unpaired) electrons. The van der Waals surface area contributed by atoms with Crippen molar-refractivity contribution in [3.05, 3.63) is 141 Å². The molecule has 2 atom stereocenters. The van der Waals surface area contributed by atoms with Crippen LogP contribution in [0.25, 0.3) is 5.69 Å². The number of amides is 1. The van der Waals surface area contributed by atoms with Gasteiger partial charge in [0.15, 0.2) is 11.9 Å². The van der Waals surface area contributed by atoms with Gasteiger partial charge in [-0.05, 0) is 60.9 Å². The topological polar surface area (TPSA) is 91.5 Å². The first-order chi connectivity index (χ1) is 24.5. The SMILES string of the molecule is C=CC[C@@H](c1ccc(Cl)c(Cl)c1)[C@H](OC(C)=O)c1ccnn1-c1ccccc1.CCCN(CCOc1c(Cl)cc(Cl)cc1Cl)C(=O)n1ccnc1. The van der Waals surface area contributed by atoms with Crippen molar-refractivity contribution < 1.29 is 19.1 Å². The van der Waals surface area contributed by atoms with Gasteiger partial charge in [-0.2, -0.15) is 5.10 Å². The van der Waals surface area contributed by atoms with Gasteiger partial charge in [-0.1, -0.05) is 95.3 Å². The first-order valence-corrected chi connectivity index (χ1v) is 17.8. The normalized spacial score (nSPS) is 11.9. The smallest absolute Gasteiger partial charge is 0.329 e. The summed E-state index contributed by atoms with van der Waals surface area (Å²) in [7, 11) is 0. The zero-order valence-corrected chi connectivity index (χ0v) is 31.7. The molecule has 0 saturated heterocycles. The largest absolute Gasteiger partial charge is 0.489 e. The summed E-state index contributed by atoms with van der Waals surface area (Å²) in [5.74, 6) is -0.209. The summed E-state index contributed by atoms with van der Waals surface area (Å²) in [5.41, 5.74) is 2.55. The fraction of sp³-hybridized carbons (Fsp3) is 0.243. The highest BCUT2D eigenvalue weighted by molar-refractivity contribution is 6.42. The van der Waals surface area contributed by atoms with Gasteiger partial charge in [0, 0.05) is 43.0 Å². The molecule has 9 nitrogen and oxygen atoms in total. The van der Waals surface area contributed by atoms with Gasteiger partial charge in [-0.25, -0.2) is 14.5 Å². The van der Waals surface area contributed by atoms with Gasteiger partial charge in [-0.15, -0.1) is 6.58 Å². The number of halogens is 5. The summed E-state index contributed by atoms with van der Waals surface area (Å²) < 4.78 is 14.6. The summed E-state index contributed by atoms with van der Waals surface area (Å²) in [6.45, 7) is 8.55. The Morgan fingerprint density at radius 2 is 1.65 bits per heavy atom. The number of allylic oxidation sites excluding steroid dienone is 1. The van der Waals surface area contributed by atoms with Gasteiger partial charge in [0.25, 0.3) is 0 Å². The zero-order chi connectivity index (χ0) is 36.9. The van der Waals surface area contributed by atoms with Crippen molar-refractivity contribution in [3.63, 3.8) is 0 Å². The van der Waals surface area contributed by atoms with Crippen LogP contribution in [0.1, 0.15) is 50.0 Å². The van der Waals surface area contributed by atoms with E-state index in [0.29, 0.717) is 50.4 Å². The number of benzene rings is 3. The van der Waals surface area contributed by atoms with Crippen LogP contribution in [0.5, 0.6) is 5.75 Å². The molecular formula is C37H36Cl5N5O4. The number of nitrogens with zero attached hydrogens (tertiary/aromatic N) is 5. The predicted octanol–water partition coefficient (Wildman–Crippen LogP) is 10.7. The van der Waals surface area contributed by atoms with Crippen molar-refractivity contribution in [1.29, 1.82) is 0 Å². The fourth-order valence-electron chi connectivity index (χ4n) is 5.23. The van der Waals surface area contributed by atoms with E-state index >= 15 is 0 Å². The van der Waals surface area contributed by atoms with E-state index in [4.69, 9.17) is 67.5 Å². The number of carbonyl (C=O) groups excluding carboxylic acids is 2. The van der Waals surface area contributed by atoms with E-state index in [0.717, 1.165) is 23.4 Å². The van der Waals surface area contributed by atoms with Crippen LogP contribution in [0.4, 0.5) is 4.79 Å². The molecule has 14 heteroatoms. The number of hydrogen-bond acceptors (Lipinski definition) is 6. The maximum absolute atomic E-state index is 12.3. The zero-order valence-electron chi connectivity index (χ0n) is 27.9. The van der Waals surface area contributed by atoms with Gasteiger partial charge in [0.05, 0.1) is 38.0 Å². The van der Waals surface area contributed by atoms with E-state index in [-0.39, 0.29) is 24.5 Å². The highest BCUT2D eigenvalue weighted by Gasteiger charge is 2.30. The minimum atomic E-state index is -0.574. The van der Waals surface area contributed by atoms with E-state index in [1.807, 2.05) is 49.4 Å². The lowest BCUT2D eigenvalue weighted by molar-refractivity contribution is -0.148. The highest BCUT2D eigenvalue weighted by Crippen LogP contribution is 2.40. The lowest BCUT2D eigenvalue weighted by Gasteiger charge is -2.27. The second kappa shape index (κ2) is 19.6. The van der Waals surface area contributed by atoms with E-state index in [9.17, 15) is 9.59 Å². The quantitative estimate of drug-likeness (QED) is 0.0871. The van der Waals surface area contributed by atoms with Crippen molar-refractivity contribution in [2.75, 3.05) is 19.7 Å². The minimum Gasteiger partial charge on any atom is -0.489 e. The van der Waals surface area contributed by atoms with Crippen LogP contribution in [-0.2, 0) is 9.53 Å². The number of rotatable bonds is 13. The van der Waals surface area contributed by atoms with Gasteiger partial charge in [0.1, 0.15) is 12.9 Å². The molecule has 2 aromatic heterocycles. The molecule has 3 aromatic carbocycles. The average molecular weight is 792 g/mol. The highest BCUT2D eigenvalue weighted by atomic mass is 35.5. The summed E-state index contributed by atoms with van der Waals surface area (Å²) in [6, 6.07) is 20.0. The van der Waals surface area contributed by atoms with Crippen LogP contribution in [0.2, 0.25) is 25.1 Å². The molecule has 0 unspecified atom stereocenters. The van der Waals surface area contributed by atoms with Crippen molar-refractivity contribution in [1.82, 2.24) is 24.2 Å². The third-order valence-electron chi connectivity index (χ3n) is 7.48. The predicted molar refractivity (Wildman–Crippen MR) is 204 cm³/mol. The number of imidazole rings is 1. The Morgan fingerprint density at radius 1 is 0.922 bits per heavy atom. The van der Waals surface area contributed by atoms with Gasteiger partial charge < -0.3 is 14.4 Å². The van der Waals surface area contributed by atoms with Crippen LogP contribution in [0, 0.1) is 0 Å². The van der Waals surface area contributed by atoms with E-state index in [2.05, 4.69) is 16.7 Å². The molecule has 0 fully saturated rings. The maximum atomic E-state index is 12.3. The van der Waals surface area contributed by atoms with Crippen molar-refractivity contribution in [2.24, 2.45) is 0 Å². The molecule has 0 spiro atoms. The Hall–Kier alpha value is -3.99. The van der Waals surface area contributed by atoms with Crippen molar-refractivity contribution in [3.8, 4) is 11.4 Å². The molecule has 5 rings (SSSR count). The van der Waals surface area contributed by atoms with E-state index in [1.54, 1.807) is 58.5 Å². The molecule has 0 saturated carbocycles. The van der Waals surface area contributed by atoms with Gasteiger partial charge >= 0.3 is 12.0 Å². The second-order valence-corrected chi connectivity index (χ2v) is 13.2. The monoisotopic (exact) mass is 789 g/mol. The first-order valence-electron chi connectivity index (χ1n) is 15.9. The molecule has 5 aromatic rings. The molecule has 0 aliphatic heterocycles. The third kappa shape index (κ3) is 11.0. The van der Waals surface area contributed by atoms with Crippen LogP contribution in [0.15, 0.2) is 104 Å². The number of hydrogen-bond donors (Lipinski definition) is 0. The Morgan fingerprint density at radius 3 is 2.25 bits per heavy atom. The number of esters is 1. The van der Waals surface area contributed by atoms with Crippen LogP contribution < -0.4 is 4.74 Å². The average Bonchev–Trinajstić information content (AvgIpc) is 3.82. The maximum Gasteiger partial charge on any atom is 0.329 e. The number of carbonyl (C=O) groups is 2. The Balaban J connectivity index is 0.000000233. The van der Waals surface area contributed by atoms with E-state index in [1.165, 1.54) is 17.8 Å². The van der Waals surface area contributed by atoms with Crippen LogP contribution in [-0.4, -0.2) is 55.9 Å². The Labute approximate surface area is 322 Å². The molecule has 2 heterocycles. The summed E-state index contributed by atoms with van der Waals surface area (Å²) in [5, 5.41) is 6.48. The number of aromatic nitrogens is 4. The number of ether oxygens (including phenoxy) is 2. The van der Waals surface area contributed by atoms with Crippen LogP contribution >= 0.6 is 58.0 Å². The van der Waals surface area contributed by atoms with Crippen LogP contribution in [0.3, 0.4) is 0 Å². The summed E-state index contributed by atoms with van der Waals surface area (Å²) >= 11 is 30.3. The third-order valence-corrected chi connectivity index (χ3v) is 8.99. The molecule has 1 amide bonds. The van der Waals surface area contributed by atoms with Crippen molar-refractivity contribution >= 4 is 70.0 Å². The van der Waals surface area contributed by atoms with Gasteiger partial charge in [0.2, 0.25) is 0 Å². The van der Waals surface area contributed by atoms with Gasteiger partial charge in [-0.3, -0.25) is 9.36 Å². The van der Waals surface area contributed by atoms with Crippen molar-refractivity contribution in [2.45, 2.75) is 38.7 Å². The Bertz CT molecular complexity index is 1880. The standard InChI is InChI=1S/C22H20Cl2N2O2.C15H16Cl3N3O2/c1-3-7-18(16-10-11-19(23)20(24)14-16)22(28-15(2)27)21-12-13-25-26(21)17-8-5-4-6-9-17;1-2-4-20(15(22)21-5-3-19-10-21)6-7-23-14-12(17)8-11(16)9-13(14)18/h3-6,8-14,18,22H,1,7H2,2H3;3,5,8-10H,2,4,6-7H2,1H3/t18-,22-;/m0./s1. The lowest BCUT2D eigenvalue weighted by atomic mass is 9.88. The Kier molecular flexibility index (Phi) is 15.3. The summed E-state index contributed by atoms with van der Waals surface area (Å²) in [4.78, 5) is 29.8. The molecule has 0 aliphatic carbocycles. The second-order valence-electron chi connectivity index (χ2n) is 11.1. The lowest BCUT2D eigenvalue weighted by Crippen LogP contribution is -2.37. The molecule has 0 bridgehead atoms. The molecular weight excluding hydrogens is 756 g/mol. The van der Waals surface area contributed by atoms with E-state index < -0.39 is 6.10 Å².